The van der Waals surface area contributed by atoms with Gasteiger partial charge in [-0.3, -0.25) is 4.79 Å². The Balaban J connectivity index is 0.000000561. The van der Waals surface area contributed by atoms with Crippen molar-refractivity contribution >= 4 is 21.9 Å². The van der Waals surface area contributed by atoms with Gasteiger partial charge < -0.3 is 0 Å². The monoisotopic (exact) mass is 273 g/mol. The molecule has 1 aromatic rings. The minimum atomic E-state index is 0.771. The van der Waals surface area contributed by atoms with E-state index in [1.807, 2.05) is 30.3 Å². The Labute approximate surface area is 86.8 Å². The summed E-state index contributed by atoms with van der Waals surface area (Å²) in [5.74, 6) is 0. The van der Waals surface area contributed by atoms with Gasteiger partial charge >= 0.3 is 27.7 Å². The fraction of sp³-hybridized carbons (Fsp3) is 0. The van der Waals surface area contributed by atoms with E-state index in [4.69, 9.17) is 0 Å². The molecule has 0 saturated heterocycles. The van der Waals surface area contributed by atoms with Gasteiger partial charge in [-0.1, -0.05) is 36.4 Å². The number of halogens is 1. The van der Waals surface area contributed by atoms with Gasteiger partial charge in [0.2, 0.25) is 0 Å². The average molecular weight is 274 g/mol. The van der Waals surface area contributed by atoms with Crippen LogP contribution in [0.15, 0.2) is 36.4 Å². The fourth-order valence-electron chi connectivity index (χ4n) is 0.715. The van der Waals surface area contributed by atoms with Gasteiger partial charge in [0.05, 0.1) is 0 Å². The first-order valence-corrected chi connectivity index (χ1v) is 5.22. The van der Waals surface area contributed by atoms with E-state index in [2.05, 4.69) is 27.7 Å². The quantitative estimate of drug-likeness (QED) is 0.460. The second-order valence-corrected chi connectivity index (χ2v) is 1.91. The topological polar surface area (TPSA) is 17.1 Å². The van der Waals surface area contributed by atoms with Crippen LogP contribution in [0.5, 0.6) is 0 Å². The van der Waals surface area contributed by atoms with E-state index in [1.165, 1.54) is 6.08 Å². The van der Waals surface area contributed by atoms with Crippen LogP contribution in [0.2, 0.25) is 0 Å². The van der Waals surface area contributed by atoms with Crippen molar-refractivity contribution in [3.8, 4) is 0 Å². The van der Waals surface area contributed by atoms with E-state index in [0.717, 1.165) is 11.8 Å². The summed E-state index contributed by atoms with van der Waals surface area (Å²) in [6.45, 7) is 0. The van der Waals surface area contributed by atoms with Crippen LogP contribution < -0.4 is 0 Å². The zero-order valence-corrected chi connectivity index (χ0v) is 8.53. The summed E-state index contributed by atoms with van der Waals surface area (Å²) in [6, 6.07) is 9.70. The third-order valence-electron chi connectivity index (χ3n) is 1.17. The summed E-state index contributed by atoms with van der Waals surface area (Å²) >= 11 is 2.22. The number of hydrogen-bond acceptors (Lipinski definition) is 1. The molecule has 0 saturated carbocycles. The number of aldehydes is 1. The summed E-state index contributed by atoms with van der Waals surface area (Å²) in [7, 11) is 4.49. The van der Waals surface area contributed by atoms with Gasteiger partial charge in [0.1, 0.15) is 6.29 Å². The molecule has 0 unspecified atom stereocenters. The third kappa shape index (κ3) is 5.26. The summed E-state index contributed by atoms with van der Waals surface area (Å²) in [4.78, 5) is 9.89. The van der Waals surface area contributed by atoms with E-state index < -0.39 is 0 Å². The summed E-state index contributed by atoms with van der Waals surface area (Å²) in [5, 5.41) is 0. The van der Waals surface area contributed by atoms with Crippen molar-refractivity contribution in [2.75, 3.05) is 0 Å². The van der Waals surface area contributed by atoms with Gasteiger partial charge in [-0.05, 0) is 11.6 Å². The summed E-state index contributed by atoms with van der Waals surface area (Å²) in [5.41, 5.74) is 1.05. The van der Waals surface area contributed by atoms with E-state index in [-0.39, 0.29) is 0 Å². The summed E-state index contributed by atoms with van der Waals surface area (Å²) < 4.78 is 0. The zero-order valence-electron chi connectivity index (χ0n) is 6.22. The van der Waals surface area contributed by atoms with E-state index in [0.29, 0.717) is 0 Å². The molecule has 0 bridgehead atoms. The van der Waals surface area contributed by atoms with Gasteiger partial charge in [-0.15, -0.1) is 0 Å². The molecule has 1 rings (SSSR count). The van der Waals surface area contributed by atoms with Gasteiger partial charge in [0.15, 0.2) is 0 Å². The van der Waals surface area contributed by atoms with Gasteiger partial charge in [0, 0.05) is 0 Å². The number of carbonyl (C=O) groups excluding carboxylic acids is 1. The van der Waals surface area contributed by atoms with E-state index >= 15 is 0 Å². The molecule has 3 heteroatoms. The molecule has 0 amide bonds. The molecule has 0 spiro atoms. The molecule has 0 radical (unpaired) electrons. The first-order valence-electron chi connectivity index (χ1n) is 3.22. The Morgan fingerprint density at radius 2 is 1.75 bits per heavy atom. The second-order valence-electron chi connectivity index (χ2n) is 1.91. The van der Waals surface area contributed by atoms with Crippen LogP contribution in [0.3, 0.4) is 0 Å². The molecular formula is C9H8ClOPd. The molecule has 0 N–H and O–H groups in total. The summed E-state index contributed by atoms with van der Waals surface area (Å²) in [6.07, 6.45) is 4.02. The minimum absolute atomic E-state index is 0.771. The molecule has 0 atom stereocenters. The van der Waals surface area contributed by atoms with Crippen molar-refractivity contribution in [1.82, 2.24) is 0 Å². The molecule has 12 heavy (non-hydrogen) atoms. The van der Waals surface area contributed by atoms with Crippen LogP contribution >= 0.6 is 9.53 Å². The number of allylic oxidation sites excluding steroid dienone is 1. The van der Waals surface area contributed by atoms with Crippen molar-refractivity contribution < 1.29 is 23.0 Å². The molecule has 0 aliphatic carbocycles. The molecule has 67 valence electrons. The van der Waals surface area contributed by atoms with Gasteiger partial charge in [-0.25, -0.2) is 0 Å². The third-order valence-corrected chi connectivity index (χ3v) is 1.17. The number of carbonyl (C=O) groups is 1. The number of benzene rings is 1. The van der Waals surface area contributed by atoms with Crippen molar-refractivity contribution in [2.45, 2.75) is 0 Å². The van der Waals surface area contributed by atoms with Crippen molar-refractivity contribution in [3.63, 3.8) is 0 Å². The van der Waals surface area contributed by atoms with Crippen molar-refractivity contribution in [1.29, 1.82) is 0 Å². The van der Waals surface area contributed by atoms with Crippen LogP contribution in [-0.4, -0.2) is 6.29 Å². The predicted octanol–water partition coefficient (Wildman–Crippen LogP) is 2.59. The standard InChI is InChI=1S/C9H8O.ClH.Pd/c10-8-4-7-9-5-2-1-3-6-9;;/h1-8H;1H;/q;;+1/p-1/b7-4+;;. The van der Waals surface area contributed by atoms with E-state index in [1.54, 1.807) is 6.08 Å². The Morgan fingerprint density at radius 3 is 2.25 bits per heavy atom. The van der Waals surface area contributed by atoms with Crippen LogP contribution in [-0.2, 0) is 23.0 Å². The first-order chi connectivity index (χ1) is 5.93. The Morgan fingerprint density at radius 1 is 1.17 bits per heavy atom. The molecule has 0 aromatic heterocycles. The normalized spacial score (nSPS) is 8.92. The van der Waals surface area contributed by atoms with E-state index in [9.17, 15) is 4.79 Å². The fourth-order valence-corrected chi connectivity index (χ4v) is 0.715. The molecule has 0 fully saturated rings. The SMILES string of the molecule is O=C/C=C/c1ccccc1.[Cl][Pd]. The van der Waals surface area contributed by atoms with Crippen LogP contribution in [0.1, 0.15) is 5.56 Å². The molecule has 1 nitrogen and oxygen atoms in total. The molecule has 1 aromatic carbocycles. The molecular weight excluding hydrogens is 266 g/mol. The molecule has 0 aliphatic rings. The zero-order chi connectivity index (χ0) is 9.23. The van der Waals surface area contributed by atoms with Gasteiger partial charge in [0.25, 0.3) is 0 Å². The molecule has 0 aliphatic heterocycles. The maximum absolute atomic E-state index is 9.89. The first kappa shape index (κ1) is 11.6. The van der Waals surface area contributed by atoms with Crippen molar-refractivity contribution in [2.24, 2.45) is 0 Å². The number of hydrogen-bond donors (Lipinski definition) is 0. The average Bonchev–Trinajstić information content (AvgIpc) is 2.19. The Kier molecular flexibility index (Phi) is 8.37. The van der Waals surface area contributed by atoms with Gasteiger partial charge in [-0.2, -0.15) is 0 Å². The molecule has 0 heterocycles. The van der Waals surface area contributed by atoms with Crippen LogP contribution in [0, 0.1) is 0 Å². The Hall–Kier alpha value is -0.418. The van der Waals surface area contributed by atoms with Crippen LogP contribution in [0.4, 0.5) is 0 Å². The number of rotatable bonds is 2. The predicted molar refractivity (Wildman–Crippen MR) is 47.4 cm³/mol. The Bertz CT molecular complexity index is 234. The van der Waals surface area contributed by atoms with Crippen molar-refractivity contribution in [3.05, 3.63) is 42.0 Å². The maximum atomic E-state index is 9.89. The second kappa shape index (κ2) is 8.68. The van der Waals surface area contributed by atoms with Crippen LogP contribution in [0.25, 0.3) is 6.08 Å².